The molecular formula is C23H30N2O4. The average Bonchev–Trinajstić information content (AvgIpc) is 3.07. The number of hydrogen-bond donors (Lipinski definition) is 1. The van der Waals surface area contributed by atoms with Gasteiger partial charge in [0.05, 0.1) is 6.42 Å². The molecule has 0 unspecified atom stereocenters. The van der Waals surface area contributed by atoms with E-state index in [4.69, 9.17) is 5.11 Å². The van der Waals surface area contributed by atoms with Gasteiger partial charge in [-0.1, -0.05) is 30.3 Å². The second-order valence-electron chi connectivity index (χ2n) is 8.27. The van der Waals surface area contributed by atoms with Gasteiger partial charge < -0.3 is 14.9 Å². The van der Waals surface area contributed by atoms with E-state index in [2.05, 4.69) is 4.90 Å². The van der Waals surface area contributed by atoms with Crippen molar-refractivity contribution in [1.29, 1.82) is 0 Å². The predicted molar refractivity (Wildman–Crippen MR) is 111 cm³/mol. The summed E-state index contributed by atoms with van der Waals surface area (Å²) in [5.74, 6) is -0.634. The van der Waals surface area contributed by atoms with Gasteiger partial charge in [-0.15, -0.1) is 0 Å². The second kappa shape index (κ2) is 9.35. The van der Waals surface area contributed by atoms with Gasteiger partial charge in [0.2, 0.25) is 5.91 Å². The van der Waals surface area contributed by atoms with Crippen molar-refractivity contribution in [2.24, 2.45) is 5.92 Å². The number of likely N-dealkylation sites (tertiary alicyclic amines) is 1. The number of nitrogens with zero attached hydrogens (tertiary/aromatic N) is 2. The maximum absolute atomic E-state index is 13.0. The van der Waals surface area contributed by atoms with Gasteiger partial charge in [-0.25, -0.2) is 0 Å². The Kier molecular flexibility index (Phi) is 6.85. The molecule has 1 aromatic carbocycles. The quantitative estimate of drug-likeness (QED) is 0.764. The molecule has 6 nitrogen and oxygen atoms in total. The van der Waals surface area contributed by atoms with Crippen LogP contribution < -0.4 is 0 Å². The van der Waals surface area contributed by atoms with Crippen LogP contribution in [0.25, 0.3) is 5.57 Å². The second-order valence-corrected chi connectivity index (χ2v) is 8.27. The first-order valence-corrected chi connectivity index (χ1v) is 10.3. The first-order chi connectivity index (χ1) is 13.9. The molecule has 1 saturated heterocycles. The first-order valence-electron chi connectivity index (χ1n) is 10.3. The molecule has 0 bridgehead atoms. The van der Waals surface area contributed by atoms with Crippen LogP contribution in [0.5, 0.6) is 0 Å². The number of carboxylic acids is 1. The Balaban J connectivity index is 1.72. The molecule has 0 aromatic heterocycles. The van der Waals surface area contributed by atoms with E-state index in [1.54, 1.807) is 0 Å². The van der Waals surface area contributed by atoms with Gasteiger partial charge in [0.25, 0.3) is 0 Å². The molecule has 3 rings (SSSR count). The van der Waals surface area contributed by atoms with Crippen molar-refractivity contribution in [2.45, 2.75) is 44.6 Å². The third kappa shape index (κ3) is 5.12. The van der Waals surface area contributed by atoms with Crippen molar-refractivity contribution in [3.63, 3.8) is 0 Å². The van der Waals surface area contributed by atoms with Crippen molar-refractivity contribution < 1.29 is 19.5 Å². The lowest BCUT2D eigenvalue weighted by atomic mass is 9.87. The summed E-state index contributed by atoms with van der Waals surface area (Å²) in [5, 5.41) is 9.06. The highest BCUT2D eigenvalue weighted by Crippen LogP contribution is 2.34. The number of carboxylic acid groups (broad SMARTS) is 1. The zero-order valence-electron chi connectivity index (χ0n) is 17.3. The fourth-order valence-corrected chi connectivity index (χ4v) is 4.65. The number of piperidine rings is 1. The van der Waals surface area contributed by atoms with E-state index in [9.17, 15) is 14.4 Å². The topological polar surface area (TPSA) is 77.9 Å². The third-order valence-corrected chi connectivity index (χ3v) is 6.19. The molecule has 1 N–H and O–H groups in total. The monoisotopic (exact) mass is 398 g/mol. The van der Waals surface area contributed by atoms with E-state index >= 15 is 0 Å². The van der Waals surface area contributed by atoms with Crippen LogP contribution in [0, 0.1) is 5.92 Å². The molecule has 0 saturated carbocycles. The fraction of sp³-hybridized carbons (Fsp3) is 0.522. The maximum Gasteiger partial charge on any atom is 0.303 e. The van der Waals surface area contributed by atoms with Crippen LogP contribution in [0.1, 0.15) is 44.1 Å². The Morgan fingerprint density at radius 1 is 1.17 bits per heavy atom. The highest BCUT2D eigenvalue weighted by Gasteiger charge is 2.34. The van der Waals surface area contributed by atoms with E-state index in [1.165, 1.54) is 0 Å². The Hall–Kier alpha value is -2.47. The van der Waals surface area contributed by atoms with Crippen molar-refractivity contribution in [3.05, 3.63) is 41.5 Å². The lowest BCUT2D eigenvalue weighted by molar-refractivity contribution is -0.137. The molecule has 0 radical (unpaired) electrons. The smallest absolute Gasteiger partial charge is 0.303 e. The molecule has 1 fully saturated rings. The molecule has 1 amide bonds. The van der Waals surface area contributed by atoms with E-state index in [1.807, 2.05) is 49.3 Å². The Labute approximate surface area is 172 Å². The molecule has 2 atom stereocenters. The van der Waals surface area contributed by atoms with E-state index < -0.39 is 5.97 Å². The molecular weight excluding hydrogens is 368 g/mol. The molecule has 6 heteroatoms. The molecule has 1 aromatic rings. The molecule has 156 valence electrons. The Bertz CT molecular complexity index is 800. The van der Waals surface area contributed by atoms with E-state index in [-0.39, 0.29) is 36.5 Å². The Morgan fingerprint density at radius 3 is 2.55 bits per heavy atom. The standard InChI is InChI=1S/C23H30N2O4/c1-24(2)20-12-13-25(15-17(20)8-11-23(28)29)22(27)14-19-18(9-10-21(19)26)16-6-4-3-5-7-16/h3-7,17,20H,8-15H2,1-2H3,(H,28,29)/t17-,20+/m0/s1. The number of ketones is 1. The zero-order valence-corrected chi connectivity index (χ0v) is 17.3. The molecule has 1 aliphatic carbocycles. The minimum Gasteiger partial charge on any atom is -0.481 e. The van der Waals surface area contributed by atoms with Gasteiger partial charge >= 0.3 is 5.97 Å². The number of aliphatic carboxylic acids is 1. The summed E-state index contributed by atoms with van der Waals surface area (Å²) in [6.07, 6.45) is 2.78. The normalized spacial score (nSPS) is 22.4. The van der Waals surface area contributed by atoms with Gasteiger partial charge in [-0.2, -0.15) is 0 Å². The molecule has 1 heterocycles. The summed E-state index contributed by atoms with van der Waals surface area (Å²) >= 11 is 0. The number of carbonyl (C=O) groups is 3. The van der Waals surface area contributed by atoms with Crippen LogP contribution >= 0.6 is 0 Å². The number of benzene rings is 1. The van der Waals surface area contributed by atoms with Crippen molar-refractivity contribution in [1.82, 2.24) is 9.80 Å². The highest BCUT2D eigenvalue weighted by molar-refractivity contribution is 6.10. The van der Waals surface area contributed by atoms with Gasteiger partial charge in [0.1, 0.15) is 0 Å². The SMILES string of the molecule is CN(C)[C@@H]1CCN(C(=O)CC2=C(c3ccccc3)CCC2=O)C[C@@H]1CCC(=O)O. The first kappa shape index (κ1) is 21.2. The van der Waals surface area contributed by atoms with Crippen LogP contribution in [-0.4, -0.2) is 65.8 Å². The van der Waals surface area contributed by atoms with Crippen LogP contribution in [0.4, 0.5) is 0 Å². The minimum absolute atomic E-state index is 0.0267. The van der Waals surface area contributed by atoms with Crippen molar-refractivity contribution in [2.75, 3.05) is 27.2 Å². The largest absolute Gasteiger partial charge is 0.481 e. The van der Waals surface area contributed by atoms with E-state index in [0.717, 1.165) is 17.6 Å². The lowest BCUT2D eigenvalue weighted by Crippen LogP contribution is -2.50. The Morgan fingerprint density at radius 2 is 1.90 bits per heavy atom. The number of allylic oxidation sites excluding steroid dienone is 1. The summed E-state index contributed by atoms with van der Waals surface area (Å²) in [4.78, 5) is 40.5. The van der Waals surface area contributed by atoms with Gasteiger partial charge in [0.15, 0.2) is 5.78 Å². The summed E-state index contributed by atoms with van der Waals surface area (Å²) < 4.78 is 0. The van der Waals surface area contributed by atoms with Gasteiger partial charge in [-0.05, 0) is 50.4 Å². The minimum atomic E-state index is -0.805. The number of Topliss-reactive ketones (excluding diaryl/α,β-unsaturated/α-hetero) is 1. The van der Waals surface area contributed by atoms with Crippen LogP contribution in [0.3, 0.4) is 0 Å². The number of rotatable bonds is 7. The fourth-order valence-electron chi connectivity index (χ4n) is 4.65. The van der Waals surface area contributed by atoms with E-state index in [0.29, 0.717) is 37.9 Å². The maximum atomic E-state index is 13.0. The third-order valence-electron chi connectivity index (χ3n) is 6.19. The van der Waals surface area contributed by atoms with Crippen LogP contribution in [0.2, 0.25) is 0 Å². The summed E-state index contributed by atoms with van der Waals surface area (Å²) in [5.41, 5.74) is 2.67. The number of hydrogen-bond acceptors (Lipinski definition) is 4. The average molecular weight is 399 g/mol. The molecule has 29 heavy (non-hydrogen) atoms. The zero-order chi connectivity index (χ0) is 21.0. The van der Waals surface area contributed by atoms with Gasteiger partial charge in [0, 0.05) is 37.5 Å². The summed E-state index contributed by atoms with van der Waals surface area (Å²) in [6, 6.07) is 10.1. The number of amides is 1. The summed E-state index contributed by atoms with van der Waals surface area (Å²) in [6.45, 7) is 1.20. The highest BCUT2D eigenvalue weighted by atomic mass is 16.4. The molecule has 0 spiro atoms. The molecule has 1 aliphatic heterocycles. The lowest BCUT2D eigenvalue weighted by Gasteiger charge is -2.41. The molecule has 2 aliphatic rings. The predicted octanol–water partition coefficient (Wildman–Crippen LogP) is 2.84. The van der Waals surface area contributed by atoms with Crippen LogP contribution in [0.15, 0.2) is 35.9 Å². The van der Waals surface area contributed by atoms with Crippen molar-refractivity contribution in [3.8, 4) is 0 Å². The van der Waals surface area contributed by atoms with Crippen LogP contribution in [-0.2, 0) is 14.4 Å². The van der Waals surface area contributed by atoms with Crippen molar-refractivity contribution >= 4 is 23.2 Å². The number of carbonyl (C=O) groups excluding carboxylic acids is 2. The summed E-state index contributed by atoms with van der Waals surface area (Å²) in [7, 11) is 4.01. The van der Waals surface area contributed by atoms with Gasteiger partial charge in [-0.3, -0.25) is 14.4 Å².